The van der Waals surface area contributed by atoms with Gasteiger partial charge in [-0.05, 0) is 25.2 Å². The summed E-state index contributed by atoms with van der Waals surface area (Å²) in [6.07, 6.45) is 38.7. The Balaban J connectivity index is 4.61. The van der Waals surface area contributed by atoms with Crippen LogP contribution in [-0.4, -0.2) is 11.9 Å². The summed E-state index contributed by atoms with van der Waals surface area (Å²) in [6, 6.07) is 0. The quantitative estimate of drug-likeness (QED) is 0.0407. The van der Waals surface area contributed by atoms with E-state index in [-0.39, 0.29) is 11.9 Å². The van der Waals surface area contributed by atoms with Gasteiger partial charge < -0.3 is 0 Å². The zero-order valence-corrected chi connectivity index (χ0v) is 30.4. The van der Waals surface area contributed by atoms with Gasteiger partial charge in [0.25, 0.3) is 0 Å². The number of rotatable bonds is 34. The number of carbonyl (C=O) groups is 2. The molecule has 0 saturated heterocycles. The molecule has 4 nitrogen and oxygen atoms in total. The second-order valence-electron chi connectivity index (χ2n) is 13.9. The van der Waals surface area contributed by atoms with Crippen LogP contribution < -0.4 is 0 Å². The molecule has 0 aliphatic carbocycles. The van der Waals surface area contributed by atoms with Crippen LogP contribution in [0.25, 0.3) is 0 Å². The van der Waals surface area contributed by atoms with E-state index < -0.39 is 5.97 Å². The SMILES string of the molecule is CCCCCCCCCCCCCC(CCCCC(CCCCCC)CCCCCC)C(=O)OOC(=O)CCCCCCC. The zero-order chi connectivity index (χ0) is 32.4. The fourth-order valence-corrected chi connectivity index (χ4v) is 6.48. The summed E-state index contributed by atoms with van der Waals surface area (Å²) in [5.41, 5.74) is 0. The Morgan fingerprint density at radius 1 is 0.386 bits per heavy atom. The third-order valence-corrected chi connectivity index (χ3v) is 9.54. The third-order valence-electron chi connectivity index (χ3n) is 9.54. The molecule has 44 heavy (non-hydrogen) atoms. The molecule has 0 N–H and O–H groups in total. The molecule has 0 aliphatic heterocycles. The maximum Gasteiger partial charge on any atom is 0.358 e. The molecular weight excluding hydrogens is 544 g/mol. The lowest BCUT2D eigenvalue weighted by atomic mass is 9.88. The molecule has 0 saturated carbocycles. The molecule has 0 aliphatic rings. The second kappa shape index (κ2) is 34.8. The Bertz CT molecular complexity index is 592. The Morgan fingerprint density at radius 3 is 1.16 bits per heavy atom. The predicted molar refractivity (Wildman–Crippen MR) is 190 cm³/mol. The summed E-state index contributed by atoms with van der Waals surface area (Å²) < 4.78 is 0. The second-order valence-corrected chi connectivity index (χ2v) is 13.9. The van der Waals surface area contributed by atoms with Crippen molar-refractivity contribution >= 4 is 11.9 Å². The lowest BCUT2D eigenvalue weighted by Crippen LogP contribution is -2.20. The molecule has 1 atom stereocenters. The topological polar surface area (TPSA) is 52.6 Å². The van der Waals surface area contributed by atoms with Crippen molar-refractivity contribution in [2.45, 2.75) is 233 Å². The Morgan fingerprint density at radius 2 is 0.705 bits per heavy atom. The van der Waals surface area contributed by atoms with Gasteiger partial charge in [0.2, 0.25) is 0 Å². The zero-order valence-electron chi connectivity index (χ0n) is 30.4. The molecule has 0 bridgehead atoms. The maximum absolute atomic E-state index is 13.0. The molecule has 0 heterocycles. The number of hydrogen-bond donors (Lipinski definition) is 0. The fraction of sp³-hybridized carbons (Fsp3) is 0.950. The van der Waals surface area contributed by atoms with Crippen molar-refractivity contribution in [2.24, 2.45) is 11.8 Å². The van der Waals surface area contributed by atoms with E-state index in [0.717, 1.165) is 50.9 Å². The Hall–Kier alpha value is -1.06. The van der Waals surface area contributed by atoms with Gasteiger partial charge in [0.05, 0.1) is 12.3 Å². The minimum Gasteiger partial charge on any atom is -0.247 e. The van der Waals surface area contributed by atoms with Crippen LogP contribution in [0.3, 0.4) is 0 Å². The van der Waals surface area contributed by atoms with Gasteiger partial charge in [-0.15, -0.1) is 0 Å². The van der Waals surface area contributed by atoms with Gasteiger partial charge >= 0.3 is 11.9 Å². The first-order valence-electron chi connectivity index (χ1n) is 20.0. The lowest BCUT2D eigenvalue weighted by molar-refractivity contribution is -0.262. The first-order valence-corrected chi connectivity index (χ1v) is 20.0. The highest BCUT2D eigenvalue weighted by Crippen LogP contribution is 2.26. The number of unbranched alkanes of at least 4 members (excludes halogenated alkanes) is 21. The summed E-state index contributed by atoms with van der Waals surface area (Å²) in [4.78, 5) is 35.3. The van der Waals surface area contributed by atoms with Crippen LogP contribution in [0, 0.1) is 11.8 Å². The van der Waals surface area contributed by atoms with Crippen LogP contribution in [0.2, 0.25) is 0 Å². The standard InChI is InChI=1S/C40H78O4/c1-5-9-13-17-18-19-20-21-22-24-27-34-38(40(42)44-43-39(41)36-28-23-14-10-6-2)35-30-29-33-37(31-25-15-11-7-3)32-26-16-12-8-4/h37-38H,5-36H2,1-4H3. The average molecular weight is 623 g/mol. The summed E-state index contributed by atoms with van der Waals surface area (Å²) in [5, 5.41) is 0. The molecule has 0 amide bonds. The highest BCUT2D eigenvalue weighted by atomic mass is 17.2. The van der Waals surface area contributed by atoms with Crippen LogP contribution in [0.15, 0.2) is 0 Å². The lowest BCUT2D eigenvalue weighted by Gasteiger charge is -2.18. The maximum atomic E-state index is 13.0. The molecule has 0 spiro atoms. The third kappa shape index (κ3) is 29.6. The average Bonchev–Trinajstić information content (AvgIpc) is 3.03. The van der Waals surface area contributed by atoms with E-state index >= 15 is 0 Å². The molecule has 0 rings (SSSR count). The van der Waals surface area contributed by atoms with Crippen LogP contribution in [-0.2, 0) is 19.4 Å². The highest BCUT2D eigenvalue weighted by molar-refractivity contribution is 5.74. The predicted octanol–water partition coefficient (Wildman–Crippen LogP) is 13.8. The highest BCUT2D eigenvalue weighted by Gasteiger charge is 2.22. The van der Waals surface area contributed by atoms with E-state index in [2.05, 4.69) is 27.7 Å². The Kier molecular flexibility index (Phi) is 34.0. The van der Waals surface area contributed by atoms with Crippen LogP contribution in [0.1, 0.15) is 233 Å². The van der Waals surface area contributed by atoms with Crippen molar-refractivity contribution in [1.82, 2.24) is 0 Å². The first kappa shape index (κ1) is 42.9. The van der Waals surface area contributed by atoms with Crippen LogP contribution in [0.4, 0.5) is 0 Å². The van der Waals surface area contributed by atoms with Gasteiger partial charge in [0.1, 0.15) is 0 Å². The van der Waals surface area contributed by atoms with Crippen molar-refractivity contribution in [2.75, 3.05) is 0 Å². The van der Waals surface area contributed by atoms with E-state index in [1.807, 2.05) is 0 Å². The fourth-order valence-electron chi connectivity index (χ4n) is 6.48. The molecule has 0 radical (unpaired) electrons. The normalized spacial score (nSPS) is 12.1. The summed E-state index contributed by atoms with van der Waals surface area (Å²) in [5.74, 6) is -0.0538. The van der Waals surface area contributed by atoms with E-state index in [4.69, 9.17) is 9.78 Å². The van der Waals surface area contributed by atoms with Crippen LogP contribution >= 0.6 is 0 Å². The molecule has 0 fully saturated rings. The molecular formula is C40H78O4. The van der Waals surface area contributed by atoms with Gasteiger partial charge in [0.15, 0.2) is 0 Å². The monoisotopic (exact) mass is 623 g/mol. The van der Waals surface area contributed by atoms with E-state index in [9.17, 15) is 9.59 Å². The molecule has 0 aromatic carbocycles. The van der Waals surface area contributed by atoms with Gasteiger partial charge in [0, 0.05) is 0 Å². The van der Waals surface area contributed by atoms with Crippen molar-refractivity contribution < 1.29 is 19.4 Å². The molecule has 262 valence electrons. The summed E-state index contributed by atoms with van der Waals surface area (Å²) >= 11 is 0. The van der Waals surface area contributed by atoms with Crippen LogP contribution in [0.5, 0.6) is 0 Å². The minimum atomic E-state index is -0.405. The van der Waals surface area contributed by atoms with Gasteiger partial charge in [-0.2, -0.15) is 0 Å². The van der Waals surface area contributed by atoms with Crippen molar-refractivity contribution in [1.29, 1.82) is 0 Å². The van der Waals surface area contributed by atoms with Gasteiger partial charge in [-0.3, -0.25) is 0 Å². The largest absolute Gasteiger partial charge is 0.358 e. The number of carbonyl (C=O) groups excluding carboxylic acids is 2. The van der Waals surface area contributed by atoms with Crippen molar-refractivity contribution in [3.63, 3.8) is 0 Å². The molecule has 1 unspecified atom stereocenters. The summed E-state index contributed by atoms with van der Waals surface area (Å²) in [6.45, 7) is 9.03. The molecule has 0 aromatic heterocycles. The molecule has 0 aromatic rings. The minimum absolute atomic E-state index is 0.154. The van der Waals surface area contributed by atoms with Gasteiger partial charge in [-0.1, -0.05) is 207 Å². The van der Waals surface area contributed by atoms with E-state index in [1.54, 1.807) is 0 Å². The van der Waals surface area contributed by atoms with E-state index in [1.165, 1.54) is 154 Å². The summed E-state index contributed by atoms with van der Waals surface area (Å²) in [7, 11) is 0. The van der Waals surface area contributed by atoms with Gasteiger partial charge in [-0.25, -0.2) is 19.4 Å². The Labute approximate surface area is 275 Å². The molecule has 4 heteroatoms. The van der Waals surface area contributed by atoms with E-state index in [0.29, 0.717) is 6.42 Å². The van der Waals surface area contributed by atoms with Crippen molar-refractivity contribution in [3.05, 3.63) is 0 Å². The van der Waals surface area contributed by atoms with Crippen molar-refractivity contribution in [3.8, 4) is 0 Å². The smallest absolute Gasteiger partial charge is 0.247 e. The number of hydrogen-bond acceptors (Lipinski definition) is 4. The first-order chi connectivity index (χ1) is 21.6.